The summed E-state index contributed by atoms with van der Waals surface area (Å²) in [6.07, 6.45) is 2.72. The molecule has 0 amide bonds. The summed E-state index contributed by atoms with van der Waals surface area (Å²) in [5.74, 6) is -0.225. The summed E-state index contributed by atoms with van der Waals surface area (Å²) in [5.41, 5.74) is -0.818. The van der Waals surface area contributed by atoms with Gasteiger partial charge in [0.2, 0.25) is 0 Å². The third-order valence-corrected chi connectivity index (χ3v) is 5.31. The predicted octanol–water partition coefficient (Wildman–Crippen LogP) is 1.37. The molecule has 3 rings (SSSR count). The number of benzene rings is 1. The Morgan fingerprint density at radius 3 is 2.19 bits per heavy atom. The molecular weight excluding hydrogens is 296 g/mol. The zero-order chi connectivity index (χ0) is 15.3. The smallest absolute Gasteiger partial charge is 0.314 e. The van der Waals surface area contributed by atoms with Crippen LogP contribution in [0, 0.1) is 0 Å². The number of carboxylic acids is 1. The first-order chi connectivity index (χ1) is 9.84. The van der Waals surface area contributed by atoms with Crippen LogP contribution in [0.4, 0.5) is 0 Å². The Morgan fingerprint density at radius 2 is 1.76 bits per heavy atom. The topological polar surface area (TPSA) is 89.9 Å². The number of rotatable bonds is 3. The molecule has 114 valence electrons. The highest BCUT2D eigenvalue weighted by Crippen LogP contribution is 2.49. The van der Waals surface area contributed by atoms with Crippen molar-refractivity contribution >= 4 is 15.8 Å². The maximum Gasteiger partial charge on any atom is 0.314 e. The fourth-order valence-corrected chi connectivity index (χ4v) is 3.85. The summed E-state index contributed by atoms with van der Waals surface area (Å²) < 4.78 is 35.0. The molecule has 1 N–H and O–H groups in total. The summed E-state index contributed by atoms with van der Waals surface area (Å²) in [6.45, 7) is 0.713. The average Bonchev–Trinajstić information content (AvgIpc) is 2.35. The van der Waals surface area contributed by atoms with E-state index < -0.39 is 21.2 Å². The lowest BCUT2D eigenvalue weighted by molar-refractivity contribution is -0.147. The van der Waals surface area contributed by atoms with Crippen LogP contribution in [0.2, 0.25) is 0 Å². The van der Waals surface area contributed by atoms with E-state index in [0.717, 1.165) is 12.7 Å². The Hall–Kier alpha value is -1.76. The van der Waals surface area contributed by atoms with Crippen LogP contribution in [0.3, 0.4) is 0 Å². The Balaban J connectivity index is 2.25. The molecule has 1 aromatic carbocycles. The molecule has 1 aromatic rings. The number of ether oxygens (including phenoxy) is 2. The lowest BCUT2D eigenvalue weighted by Gasteiger charge is -2.39. The van der Waals surface area contributed by atoms with Crippen molar-refractivity contribution in [2.75, 3.05) is 19.5 Å². The van der Waals surface area contributed by atoms with Crippen LogP contribution in [0.1, 0.15) is 24.8 Å². The Bertz CT molecular complexity index is 702. The zero-order valence-corrected chi connectivity index (χ0v) is 12.4. The van der Waals surface area contributed by atoms with Gasteiger partial charge < -0.3 is 14.6 Å². The number of carbonyl (C=O) groups is 1. The molecule has 7 heteroatoms. The van der Waals surface area contributed by atoms with Crippen molar-refractivity contribution in [3.63, 3.8) is 0 Å². The van der Waals surface area contributed by atoms with Gasteiger partial charge in [0.05, 0.1) is 10.3 Å². The zero-order valence-electron chi connectivity index (χ0n) is 11.6. The van der Waals surface area contributed by atoms with Gasteiger partial charge in [0.1, 0.15) is 13.2 Å². The predicted molar refractivity (Wildman–Crippen MR) is 73.7 cm³/mol. The van der Waals surface area contributed by atoms with Crippen molar-refractivity contribution in [3.8, 4) is 11.5 Å². The van der Waals surface area contributed by atoms with Crippen molar-refractivity contribution in [1.29, 1.82) is 0 Å². The van der Waals surface area contributed by atoms with E-state index in [9.17, 15) is 18.3 Å². The summed E-state index contributed by atoms with van der Waals surface area (Å²) in [6, 6.07) is 2.92. The molecule has 2 aliphatic rings. The van der Waals surface area contributed by atoms with Gasteiger partial charge in [0.15, 0.2) is 21.3 Å². The van der Waals surface area contributed by atoms with Gasteiger partial charge in [-0.1, -0.05) is 6.42 Å². The van der Waals surface area contributed by atoms with Gasteiger partial charge >= 0.3 is 5.97 Å². The molecule has 0 saturated heterocycles. The number of carboxylic acid groups (broad SMARTS) is 1. The van der Waals surface area contributed by atoms with Gasteiger partial charge in [-0.25, -0.2) is 8.42 Å². The van der Waals surface area contributed by atoms with Gasteiger partial charge in [0.25, 0.3) is 0 Å². The van der Waals surface area contributed by atoms with E-state index in [0.29, 0.717) is 43.1 Å². The average molecular weight is 312 g/mol. The minimum atomic E-state index is -3.56. The molecule has 0 radical (unpaired) electrons. The third-order valence-electron chi connectivity index (χ3n) is 4.18. The summed E-state index contributed by atoms with van der Waals surface area (Å²) in [4.78, 5) is 11.7. The standard InChI is InChI=1S/C14H16O6S/c1-21(17,18)12-8-11-10(19-5-6-20-11)7-9(12)14(13(15)16)3-2-4-14/h7-8H,2-6H2,1H3,(H,15,16). The number of hydrogen-bond donors (Lipinski definition) is 1. The molecule has 0 bridgehead atoms. The molecule has 0 spiro atoms. The van der Waals surface area contributed by atoms with Crippen LogP contribution >= 0.6 is 0 Å². The van der Waals surface area contributed by atoms with Crippen LogP contribution in [-0.2, 0) is 20.0 Å². The van der Waals surface area contributed by atoms with Crippen LogP contribution < -0.4 is 9.47 Å². The second-order valence-corrected chi connectivity index (χ2v) is 7.49. The van der Waals surface area contributed by atoms with Crippen molar-refractivity contribution in [2.24, 2.45) is 0 Å². The first-order valence-corrected chi connectivity index (χ1v) is 8.61. The van der Waals surface area contributed by atoms with Crippen molar-refractivity contribution in [1.82, 2.24) is 0 Å². The molecule has 21 heavy (non-hydrogen) atoms. The summed E-state index contributed by atoms with van der Waals surface area (Å²) in [5, 5.41) is 9.56. The van der Waals surface area contributed by atoms with Gasteiger partial charge in [0, 0.05) is 12.3 Å². The largest absolute Gasteiger partial charge is 0.486 e. The second kappa shape index (κ2) is 4.62. The maximum absolute atomic E-state index is 12.1. The van der Waals surface area contributed by atoms with E-state index in [2.05, 4.69) is 0 Å². The second-order valence-electron chi connectivity index (χ2n) is 5.51. The van der Waals surface area contributed by atoms with Gasteiger partial charge in [-0.15, -0.1) is 0 Å². The molecule has 1 aliphatic heterocycles. The number of aliphatic carboxylic acids is 1. The fourth-order valence-electron chi connectivity index (χ4n) is 2.88. The van der Waals surface area contributed by atoms with E-state index in [4.69, 9.17) is 9.47 Å². The number of sulfone groups is 1. The molecular formula is C14H16O6S. The van der Waals surface area contributed by atoms with E-state index in [-0.39, 0.29) is 4.90 Å². The first-order valence-electron chi connectivity index (χ1n) is 6.72. The molecule has 1 saturated carbocycles. The quantitative estimate of drug-likeness (QED) is 0.906. The Kier molecular flexibility index (Phi) is 3.12. The molecule has 1 heterocycles. The number of hydrogen-bond acceptors (Lipinski definition) is 5. The molecule has 6 nitrogen and oxygen atoms in total. The molecule has 0 aromatic heterocycles. The minimum absolute atomic E-state index is 0.0221. The van der Waals surface area contributed by atoms with Crippen LogP contribution in [-0.4, -0.2) is 39.0 Å². The van der Waals surface area contributed by atoms with Gasteiger partial charge in [-0.3, -0.25) is 4.79 Å². The van der Waals surface area contributed by atoms with Crippen molar-refractivity contribution < 1.29 is 27.8 Å². The van der Waals surface area contributed by atoms with Crippen molar-refractivity contribution in [3.05, 3.63) is 17.7 Å². The van der Waals surface area contributed by atoms with E-state index in [1.54, 1.807) is 0 Å². The third kappa shape index (κ3) is 2.16. The molecule has 1 aliphatic carbocycles. The van der Waals surface area contributed by atoms with Crippen molar-refractivity contribution in [2.45, 2.75) is 29.6 Å². The summed E-state index contributed by atoms with van der Waals surface area (Å²) in [7, 11) is -3.56. The van der Waals surface area contributed by atoms with Gasteiger partial charge in [-0.2, -0.15) is 0 Å². The lowest BCUT2D eigenvalue weighted by Crippen LogP contribution is -2.43. The van der Waals surface area contributed by atoms with Crippen LogP contribution in [0.25, 0.3) is 0 Å². The van der Waals surface area contributed by atoms with Crippen LogP contribution in [0.5, 0.6) is 11.5 Å². The molecule has 0 atom stereocenters. The van der Waals surface area contributed by atoms with Gasteiger partial charge in [-0.05, 0) is 24.5 Å². The lowest BCUT2D eigenvalue weighted by atomic mass is 9.64. The molecule has 1 fully saturated rings. The molecule has 0 unspecified atom stereocenters. The SMILES string of the molecule is CS(=O)(=O)c1cc2c(cc1C1(C(=O)O)CCC1)OCCO2. The fraction of sp³-hybridized carbons (Fsp3) is 0.500. The van der Waals surface area contributed by atoms with E-state index >= 15 is 0 Å². The Morgan fingerprint density at radius 1 is 1.19 bits per heavy atom. The Labute approximate surface area is 122 Å². The summed E-state index contributed by atoms with van der Waals surface area (Å²) >= 11 is 0. The monoisotopic (exact) mass is 312 g/mol. The first kappa shape index (κ1) is 14.2. The van der Waals surface area contributed by atoms with Crippen LogP contribution in [0.15, 0.2) is 17.0 Å². The normalized spacial score (nSPS) is 19.7. The number of fused-ring (bicyclic) bond motifs is 1. The highest BCUT2D eigenvalue weighted by atomic mass is 32.2. The van der Waals surface area contributed by atoms with E-state index in [1.807, 2.05) is 0 Å². The van der Waals surface area contributed by atoms with E-state index in [1.165, 1.54) is 12.1 Å². The highest BCUT2D eigenvalue weighted by molar-refractivity contribution is 7.90. The maximum atomic E-state index is 12.1. The minimum Gasteiger partial charge on any atom is -0.486 e. The highest BCUT2D eigenvalue weighted by Gasteiger charge is 2.48.